The molecule has 3 aromatic heterocycles. The number of ether oxygens (including phenoxy) is 3. The highest BCUT2D eigenvalue weighted by Crippen LogP contribution is 2.37. The average molecular weight is 852 g/mol. The largest absolute Gasteiger partial charge is 0.496 e. The van der Waals surface area contributed by atoms with Gasteiger partial charge in [-0.25, -0.2) is 19.6 Å². The van der Waals surface area contributed by atoms with E-state index in [1.165, 1.54) is 37.8 Å². The first-order valence-electron chi connectivity index (χ1n) is 17.4. The van der Waals surface area contributed by atoms with Gasteiger partial charge in [-0.3, -0.25) is 10.00 Å². The molecule has 0 aliphatic heterocycles. The van der Waals surface area contributed by atoms with Gasteiger partial charge in [-0.15, -0.1) is 0 Å². The second kappa shape index (κ2) is 17.5. The number of nitrogens with one attached hydrogen (secondary N) is 2. The molecule has 15 heteroatoms. The zero-order chi connectivity index (χ0) is 38.2. The van der Waals surface area contributed by atoms with Gasteiger partial charge in [0.25, 0.3) is 8.32 Å². The lowest BCUT2D eigenvalue weighted by molar-refractivity contribution is 0.0593. The van der Waals surface area contributed by atoms with Crippen LogP contribution in [0.25, 0.3) is 11.0 Å². The number of hydrogen-bond acceptors (Lipinski definition) is 11. The molecule has 2 aromatic carbocycles. The highest BCUT2D eigenvalue weighted by atomic mass is 127. The number of amides is 1. The average Bonchev–Trinajstić information content (AvgIpc) is 3.47. The van der Waals surface area contributed by atoms with Crippen LogP contribution in [0.15, 0.2) is 72.9 Å². The fourth-order valence-corrected chi connectivity index (χ4v) is 11.8. The summed E-state index contributed by atoms with van der Waals surface area (Å²) in [4.78, 5) is 38.1. The molecule has 0 fully saturated rings. The number of benzene rings is 2. The number of anilines is 2. The van der Waals surface area contributed by atoms with Crippen molar-refractivity contribution in [1.29, 1.82) is 0 Å². The maximum Gasteiger partial charge on any atom is 0.413 e. The second-order valence-electron chi connectivity index (χ2n) is 13.5. The van der Waals surface area contributed by atoms with Crippen molar-refractivity contribution in [2.75, 3.05) is 38.6 Å². The van der Waals surface area contributed by atoms with Crippen molar-refractivity contribution in [3.63, 3.8) is 0 Å². The Morgan fingerprint density at radius 2 is 1.60 bits per heavy atom. The molecule has 53 heavy (non-hydrogen) atoms. The van der Waals surface area contributed by atoms with E-state index in [1.807, 2.05) is 12.1 Å². The third-order valence-corrected chi connectivity index (χ3v) is 14.8. The zero-order valence-corrected chi connectivity index (χ0v) is 34.3. The summed E-state index contributed by atoms with van der Waals surface area (Å²) < 4.78 is 24.9. The Labute approximate surface area is 324 Å². The third kappa shape index (κ3) is 8.79. The van der Waals surface area contributed by atoms with E-state index >= 15 is 0 Å². The molecule has 0 spiro atoms. The van der Waals surface area contributed by atoms with Crippen molar-refractivity contribution in [3.8, 4) is 5.75 Å². The van der Waals surface area contributed by atoms with Crippen molar-refractivity contribution in [1.82, 2.24) is 24.7 Å². The van der Waals surface area contributed by atoms with E-state index in [4.69, 9.17) is 28.7 Å². The lowest BCUT2D eigenvalue weighted by Gasteiger charge is -2.43. The number of hydrogen-bond donors (Lipinski definition) is 2. The van der Waals surface area contributed by atoms with E-state index in [9.17, 15) is 9.59 Å². The van der Waals surface area contributed by atoms with E-state index in [1.54, 1.807) is 10.9 Å². The minimum absolute atomic E-state index is 0.0566. The Hall–Kier alpha value is -4.61. The van der Waals surface area contributed by atoms with Gasteiger partial charge in [-0.2, -0.15) is 10.1 Å². The molecule has 0 unspecified atom stereocenters. The maximum absolute atomic E-state index is 12.3. The van der Waals surface area contributed by atoms with E-state index < -0.39 is 20.4 Å². The first-order valence-corrected chi connectivity index (χ1v) is 20.4. The van der Waals surface area contributed by atoms with Crippen LogP contribution in [0.3, 0.4) is 0 Å². The summed E-state index contributed by atoms with van der Waals surface area (Å²) in [6.07, 6.45) is 3.29. The number of fused-ring (bicyclic) bond motifs is 1. The SMILES string of the molecule is CCC[C@@H](CCO[Si](c1ccccc1)(c1ccccc1)C(C)(C)C)Nc1nc(NC(=O)OC)nc2c(I)nn(Cc3cnc(C(=O)OC)cc3OC)c12. The first-order chi connectivity index (χ1) is 25.4. The van der Waals surface area contributed by atoms with Crippen LogP contribution >= 0.6 is 22.6 Å². The number of pyridine rings is 1. The summed E-state index contributed by atoms with van der Waals surface area (Å²) in [5.74, 6) is 0.437. The number of esters is 1. The van der Waals surface area contributed by atoms with E-state index in [-0.39, 0.29) is 29.3 Å². The topological polar surface area (TPSA) is 152 Å². The molecule has 5 rings (SSSR count). The lowest BCUT2D eigenvalue weighted by atomic mass is 10.1. The number of carbonyl (C=O) groups excluding carboxylic acids is 2. The predicted molar refractivity (Wildman–Crippen MR) is 216 cm³/mol. The first kappa shape index (κ1) is 39.6. The predicted octanol–water partition coefficient (Wildman–Crippen LogP) is 6.40. The van der Waals surface area contributed by atoms with E-state index in [2.05, 4.69) is 119 Å². The summed E-state index contributed by atoms with van der Waals surface area (Å²) in [5, 5.41) is 13.4. The second-order valence-corrected chi connectivity index (χ2v) is 18.8. The minimum Gasteiger partial charge on any atom is -0.496 e. The molecule has 5 aromatic rings. The van der Waals surface area contributed by atoms with Gasteiger partial charge >= 0.3 is 12.1 Å². The molecule has 0 bridgehead atoms. The number of rotatable bonds is 15. The summed E-state index contributed by atoms with van der Waals surface area (Å²) in [6.45, 7) is 9.68. The molecule has 1 amide bonds. The van der Waals surface area contributed by atoms with Crippen molar-refractivity contribution in [3.05, 3.63) is 87.9 Å². The quantitative estimate of drug-likeness (QED) is 0.0685. The van der Waals surface area contributed by atoms with Crippen LogP contribution in [0.4, 0.5) is 16.6 Å². The van der Waals surface area contributed by atoms with Gasteiger partial charge in [-0.1, -0.05) is 94.8 Å². The molecular weight excluding hydrogens is 805 g/mol. The summed E-state index contributed by atoms with van der Waals surface area (Å²) in [6, 6.07) is 22.7. The van der Waals surface area contributed by atoms with Gasteiger partial charge in [0.1, 0.15) is 20.5 Å². The van der Waals surface area contributed by atoms with Crippen LogP contribution in [0, 0.1) is 3.70 Å². The molecule has 1 atom stereocenters. The monoisotopic (exact) mass is 851 g/mol. The maximum atomic E-state index is 12.3. The molecule has 0 aliphatic carbocycles. The standard InChI is InChI=1S/C38H46IN7O6Si/c1-8-15-26(20-21-52-53(38(2,3)4,27-16-11-9-12-17-27)28-18-13-10-14-19-28)41-34-32-31(42-36(43-34)44-37(48)51-7)33(39)45-46(32)24-25-23-40-29(35(47)50-6)22-30(25)49-5/h9-14,16-19,22-23,26H,8,15,20-21,24H2,1-7H3,(H2,41,42,43,44,48)/t26-/m0/s1. The molecule has 0 saturated carbocycles. The number of methoxy groups -OCH3 is 3. The minimum atomic E-state index is -2.75. The number of nitrogens with zero attached hydrogens (tertiary/aromatic N) is 5. The lowest BCUT2D eigenvalue weighted by Crippen LogP contribution is -2.66. The fraction of sp³-hybridized carbons (Fsp3) is 0.368. The van der Waals surface area contributed by atoms with Crippen molar-refractivity contribution >= 4 is 76.1 Å². The van der Waals surface area contributed by atoms with Crippen LogP contribution in [-0.2, 0) is 20.4 Å². The molecule has 280 valence electrons. The van der Waals surface area contributed by atoms with Crippen molar-refractivity contribution in [2.24, 2.45) is 0 Å². The normalized spacial score (nSPS) is 12.3. The Bertz CT molecular complexity index is 1990. The molecular formula is C38H46IN7O6Si. The molecule has 13 nitrogen and oxygen atoms in total. The highest BCUT2D eigenvalue weighted by Gasteiger charge is 2.50. The van der Waals surface area contributed by atoms with Crippen LogP contribution in [0.5, 0.6) is 5.75 Å². The summed E-state index contributed by atoms with van der Waals surface area (Å²) in [5.41, 5.74) is 1.96. The van der Waals surface area contributed by atoms with Gasteiger partial charge in [0.2, 0.25) is 5.95 Å². The zero-order valence-electron chi connectivity index (χ0n) is 31.1. The molecule has 2 N–H and O–H groups in total. The van der Waals surface area contributed by atoms with Gasteiger partial charge in [0.15, 0.2) is 11.5 Å². The highest BCUT2D eigenvalue weighted by molar-refractivity contribution is 14.1. The van der Waals surface area contributed by atoms with Gasteiger partial charge < -0.3 is 24.0 Å². The van der Waals surface area contributed by atoms with Crippen molar-refractivity contribution in [2.45, 2.75) is 64.6 Å². The Morgan fingerprint density at radius 1 is 0.943 bits per heavy atom. The smallest absolute Gasteiger partial charge is 0.413 e. The van der Waals surface area contributed by atoms with Gasteiger partial charge in [-0.05, 0) is 50.8 Å². The molecule has 0 saturated heterocycles. The van der Waals surface area contributed by atoms with Crippen LogP contribution in [0.1, 0.15) is 63.0 Å². The fourth-order valence-electron chi connectivity index (χ4n) is 6.56. The van der Waals surface area contributed by atoms with Crippen LogP contribution in [-0.4, -0.2) is 79.1 Å². The Balaban J connectivity index is 1.52. The Kier molecular flexibility index (Phi) is 13.1. The Morgan fingerprint density at radius 3 is 2.17 bits per heavy atom. The van der Waals surface area contributed by atoms with Gasteiger partial charge in [0, 0.05) is 30.5 Å². The molecule has 0 aliphatic rings. The third-order valence-electron chi connectivity index (χ3n) is 9.00. The van der Waals surface area contributed by atoms with E-state index in [0.717, 1.165) is 12.8 Å². The van der Waals surface area contributed by atoms with Crippen LogP contribution < -0.4 is 25.7 Å². The molecule has 3 heterocycles. The number of aromatic nitrogens is 5. The number of carbonyl (C=O) groups is 2. The number of halogens is 1. The van der Waals surface area contributed by atoms with E-state index in [0.29, 0.717) is 44.9 Å². The summed E-state index contributed by atoms with van der Waals surface area (Å²) >= 11 is 2.12. The van der Waals surface area contributed by atoms with Crippen LogP contribution in [0.2, 0.25) is 5.04 Å². The van der Waals surface area contributed by atoms with Gasteiger partial charge in [0.05, 0.1) is 27.9 Å². The molecule has 0 radical (unpaired) electrons. The summed E-state index contributed by atoms with van der Waals surface area (Å²) in [7, 11) is 1.35. The van der Waals surface area contributed by atoms with Crippen molar-refractivity contribution < 1.29 is 28.2 Å².